The lowest BCUT2D eigenvalue weighted by Gasteiger charge is -2.13. The first kappa shape index (κ1) is 30.6. The number of hydrogen-bond donors (Lipinski definition) is 2. The van der Waals surface area contributed by atoms with E-state index >= 15 is 0 Å². The molecule has 0 radical (unpaired) electrons. The molecule has 6 heteroatoms. The van der Waals surface area contributed by atoms with E-state index in [4.69, 9.17) is 9.98 Å². The van der Waals surface area contributed by atoms with Crippen LogP contribution in [0.15, 0.2) is 119 Å². The zero-order chi connectivity index (χ0) is 30.7. The number of fused-ring (bicyclic) bond motifs is 2. The van der Waals surface area contributed by atoms with Crippen molar-refractivity contribution in [2.45, 2.75) is 66.5 Å². The van der Waals surface area contributed by atoms with Crippen LogP contribution in [-0.4, -0.2) is 12.4 Å². The summed E-state index contributed by atoms with van der Waals surface area (Å²) in [7, 11) is 0. The molecule has 0 saturated carbocycles. The molecular formula is C38H44N6+2. The fourth-order valence-corrected chi connectivity index (χ4v) is 5.14. The summed E-state index contributed by atoms with van der Waals surface area (Å²) >= 11 is 0. The third-order valence-corrected chi connectivity index (χ3v) is 8.11. The lowest BCUT2D eigenvalue weighted by atomic mass is 10.1. The maximum atomic E-state index is 5.03. The Labute approximate surface area is 262 Å². The molecule has 0 amide bonds. The van der Waals surface area contributed by atoms with Crippen molar-refractivity contribution in [3.63, 3.8) is 0 Å². The molecule has 0 bridgehead atoms. The van der Waals surface area contributed by atoms with Gasteiger partial charge in [-0.15, -0.1) is 0 Å². The monoisotopic (exact) mass is 584 g/mol. The van der Waals surface area contributed by atoms with Crippen molar-refractivity contribution in [3.05, 3.63) is 131 Å². The van der Waals surface area contributed by atoms with E-state index in [1.54, 1.807) is 0 Å². The molecule has 224 valence electrons. The van der Waals surface area contributed by atoms with Gasteiger partial charge in [-0.2, -0.15) is 0 Å². The zero-order valence-electron chi connectivity index (χ0n) is 26.4. The molecule has 3 heterocycles. The smallest absolute Gasteiger partial charge is 0.168 e. The van der Waals surface area contributed by atoms with Crippen LogP contribution in [0.2, 0.25) is 0 Å². The van der Waals surface area contributed by atoms with Crippen molar-refractivity contribution >= 4 is 35.2 Å². The van der Waals surface area contributed by atoms with Crippen LogP contribution in [0.25, 0.3) is 0 Å². The third-order valence-electron chi connectivity index (χ3n) is 8.11. The lowest BCUT2D eigenvalue weighted by Crippen LogP contribution is -2.32. The van der Waals surface area contributed by atoms with Crippen molar-refractivity contribution in [2.24, 2.45) is 9.98 Å². The van der Waals surface area contributed by atoms with Gasteiger partial charge < -0.3 is 10.6 Å². The zero-order valence-corrected chi connectivity index (χ0v) is 26.4. The molecule has 6 nitrogen and oxygen atoms in total. The molecule has 0 saturated heterocycles. The first-order valence-corrected chi connectivity index (χ1v) is 15.5. The Kier molecular flexibility index (Phi) is 10.5. The summed E-state index contributed by atoms with van der Waals surface area (Å²) in [6, 6.07) is 21.1. The fourth-order valence-electron chi connectivity index (χ4n) is 5.14. The van der Waals surface area contributed by atoms with Gasteiger partial charge in [0.1, 0.15) is 13.1 Å². The van der Waals surface area contributed by atoms with Gasteiger partial charge in [-0.3, -0.25) is 9.98 Å². The number of aryl methyl sites for hydroxylation is 6. The van der Waals surface area contributed by atoms with Crippen LogP contribution in [0.5, 0.6) is 0 Å². The van der Waals surface area contributed by atoms with Crippen molar-refractivity contribution in [1.82, 2.24) is 0 Å². The average molecular weight is 585 g/mol. The largest absolute Gasteiger partial charge is 0.360 e. The minimum atomic E-state index is 0.888. The quantitative estimate of drug-likeness (QED) is 0.205. The van der Waals surface area contributed by atoms with E-state index in [2.05, 4.69) is 133 Å². The number of benzene rings is 2. The molecule has 4 aromatic rings. The van der Waals surface area contributed by atoms with Gasteiger partial charge in [0.15, 0.2) is 24.8 Å². The van der Waals surface area contributed by atoms with Gasteiger partial charge >= 0.3 is 0 Å². The molecule has 1 aliphatic heterocycles. The molecule has 5 rings (SSSR count). The highest BCUT2D eigenvalue weighted by atomic mass is 14.9. The molecule has 2 aromatic heterocycles. The number of rotatable bonds is 8. The Balaban J connectivity index is 1.47. The van der Waals surface area contributed by atoms with E-state index in [1.165, 1.54) is 22.3 Å². The number of anilines is 2. The van der Waals surface area contributed by atoms with Crippen molar-refractivity contribution < 1.29 is 9.13 Å². The second-order valence-electron chi connectivity index (χ2n) is 11.6. The predicted octanol–water partition coefficient (Wildman–Crippen LogP) is 8.17. The molecule has 2 aromatic carbocycles. The molecule has 44 heavy (non-hydrogen) atoms. The van der Waals surface area contributed by atoms with Crippen LogP contribution in [0.3, 0.4) is 0 Å². The van der Waals surface area contributed by atoms with E-state index in [0.717, 1.165) is 72.7 Å². The summed E-state index contributed by atoms with van der Waals surface area (Å²) in [6.45, 7) is 10.5. The van der Waals surface area contributed by atoms with E-state index < -0.39 is 0 Å². The normalized spacial score (nSPS) is 15.5. The maximum Gasteiger partial charge on any atom is 0.168 e. The fraction of sp³-hybridized carbons (Fsp3) is 0.263. The molecule has 0 atom stereocenters. The third kappa shape index (κ3) is 8.60. The summed E-state index contributed by atoms with van der Waals surface area (Å²) in [4.78, 5) is 10.1. The van der Waals surface area contributed by atoms with Crippen molar-refractivity contribution in [1.29, 1.82) is 0 Å². The van der Waals surface area contributed by atoms with E-state index in [1.807, 2.05) is 24.6 Å². The molecule has 0 aliphatic carbocycles. The van der Waals surface area contributed by atoms with Crippen LogP contribution in [0.4, 0.5) is 22.7 Å². The number of aliphatic imine (C=N–C) groups is 2. The van der Waals surface area contributed by atoms with Crippen LogP contribution in [-0.2, 0) is 13.1 Å². The van der Waals surface area contributed by atoms with Gasteiger partial charge in [0.25, 0.3) is 0 Å². The minimum Gasteiger partial charge on any atom is -0.360 e. The molecule has 0 fully saturated rings. The number of allylic oxidation sites excluding steroid dienone is 2. The first-order chi connectivity index (χ1) is 21.4. The maximum absolute atomic E-state index is 5.03. The van der Waals surface area contributed by atoms with E-state index in [9.17, 15) is 0 Å². The molecule has 0 spiro atoms. The summed E-state index contributed by atoms with van der Waals surface area (Å²) in [5.74, 6) is 0. The SMILES string of the molecule is Cc1cc2c(cc1C)N/C=C(/CCC[n+]1ccccc1)C=Nc1cc(C)c(C)cc1N/C=C(/CCC[n+]1ccccc1)C=N2. The van der Waals surface area contributed by atoms with Gasteiger partial charge in [-0.25, -0.2) is 9.13 Å². The second-order valence-corrected chi connectivity index (χ2v) is 11.6. The van der Waals surface area contributed by atoms with Crippen LogP contribution in [0, 0.1) is 27.7 Å². The van der Waals surface area contributed by atoms with Crippen LogP contribution < -0.4 is 19.8 Å². The van der Waals surface area contributed by atoms with Gasteiger partial charge in [0.05, 0.1) is 22.7 Å². The lowest BCUT2D eigenvalue weighted by molar-refractivity contribution is -0.697. The number of nitrogens with one attached hydrogen (secondary N) is 2. The van der Waals surface area contributed by atoms with Crippen LogP contribution >= 0.6 is 0 Å². The highest BCUT2D eigenvalue weighted by Crippen LogP contribution is 2.31. The Hall–Kier alpha value is -4.84. The Morgan fingerprint density at radius 1 is 0.523 bits per heavy atom. The summed E-state index contributed by atoms with van der Waals surface area (Å²) in [5, 5.41) is 7.19. The van der Waals surface area contributed by atoms with Gasteiger partial charge in [0, 0.05) is 61.9 Å². The van der Waals surface area contributed by atoms with Crippen LogP contribution in [0.1, 0.15) is 47.9 Å². The Bertz CT molecular complexity index is 1560. The van der Waals surface area contributed by atoms with Gasteiger partial charge in [-0.05, 0) is 98.2 Å². The van der Waals surface area contributed by atoms with Gasteiger partial charge in [-0.1, -0.05) is 12.1 Å². The minimum absolute atomic E-state index is 0.888. The molecule has 2 N–H and O–H groups in total. The highest BCUT2D eigenvalue weighted by molar-refractivity contribution is 5.87. The molecule has 0 unspecified atom stereocenters. The standard InChI is InChI=1S/C38H44N6/c1-29-21-35-36(22-30(29)2)40-26-34(14-12-20-44-17-9-6-10-18-44)28-42-38-24-32(4)31(3)23-37(38)41-27-33(25-39-35)13-11-19-43-15-7-5-8-16-43/h5-10,15-18,21-28,39,42H,11-14,19-20H2,1-4H3/q+2/b33-25-,34-28-,40-26?,41-27?. The Morgan fingerprint density at radius 2 is 0.909 bits per heavy atom. The summed E-state index contributed by atoms with van der Waals surface area (Å²) in [5.41, 5.74) is 11.0. The number of pyridine rings is 2. The van der Waals surface area contributed by atoms with E-state index in [-0.39, 0.29) is 0 Å². The highest BCUT2D eigenvalue weighted by Gasteiger charge is 2.09. The first-order valence-electron chi connectivity index (χ1n) is 15.5. The average Bonchev–Trinajstić information content (AvgIpc) is 3.03. The summed E-state index contributed by atoms with van der Waals surface area (Å²) in [6.07, 6.45) is 20.4. The predicted molar refractivity (Wildman–Crippen MR) is 183 cm³/mol. The summed E-state index contributed by atoms with van der Waals surface area (Å²) < 4.78 is 4.44. The number of nitrogens with zero attached hydrogens (tertiary/aromatic N) is 4. The second kappa shape index (κ2) is 15.1. The number of hydrogen-bond acceptors (Lipinski definition) is 4. The molecular weight excluding hydrogens is 540 g/mol. The number of aromatic nitrogens is 2. The van der Waals surface area contributed by atoms with Gasteiger partial charge in [0.2, 0.25) is 0 Å². The van der Waals surface area contributed by atoms with Crippen molar-refractivity contribution in [3.8, 4) is 0 Å². The molecule has 1 aliphatic rings. The van der Waals surface area contributed by atoms with E-state index in [0.29, 0.717) is 0 Å². The topological polar surface area (TPSA) is 56.5 Å². The van der Waals surface area contributed by atoms with Crippen molar-refractivity contribution in [2.75, 3.05) is 10.6 Å². The Morgan fingerprint density at radius 3 is 1.32 bits per heavy atom.